The summed E-state index contributed by atoms with van der Waals surface area (Å²) in [7, 11) is -0.891. The second-order valence-electron chi connectivity index (χ2n) is 6.10. The van der Waals surface area contributed by atoms with Gasteiger partial charge in [-0.1, -0.05) is 121 Å². The monoisotopic (exact) mass is 414 g/mol. The minimum absolute atomic E-state index is 0.374. The molecule has 0 aromatic heterocycles. The molecule has 4 aromatic rings. The van der Waals surface area contributed by atoms with Crippen molar-refractivity contribution < 1.29 is 9.36 Å². The van der Waals surface area contributed by atoms with Gasteiger partial charge in [0.05, 0.1) is 0 Å². The van der Waals surface area contributed by atoms with Gasteiger partial charge in [-0.3, -0.25) is 9.36 Å². The second kappa shape index (κ2) is 11.2. The standard InChI is InChI=1S/C18H15P.C7H5O2P/c1-4-10-16(11-5-1)19(17-12-6-2-7-13-17)18-14-8-3-9-15-18;8-7(10-9)6-4-2-1-3-5-6/h1-15H;1-5H. The van der Waals surface area contributed by atoms with Crippen LogP contribution in [0.1, 0.15) is 10.4 Å². The maximum atomic E-state index is 10.7. The molecule has 29 heavy (non-hydrogen) atoms. The molecule has 0 amide bonds. The fraction of sp³-hybridized carbons (Fsp3) is 0. The first-order chi connectivity index (χ1) is 14.3. The zero-order valence-electron chi connectivity index (χ0n) is 15.8. The first kappa shape index (κ1) is 20.8. The van der Waals surface area contributed by atoms with Crippen molar-refractivity contribution in [1.82, 2.24) is 0 Å². The number of hydrogen-bond donors (Lipinski definition) is 0. The van der Waals surface area contributed by atoms with Gasteiger partial charge in [-0.05, 0) is 23.8 Å². The zero-order valence-corrected chi connectivity index (χ0v) is 17.5. The van der Waals surface area contributed by atoms with Gasteiger partial charge in [-0.2, -0.15) is 0 Å². The third kappa shape index (κ3) is 6.03. The highest BCUT2D eigenvalue weighted by Crippen LogP contribution is 2.32. The molecule has 0 bridgehead atoms. The van der Waals surface area contributed by atoms with Crippen molar-refractivity contribution in [1.29, 1.82) is 0 Å². The molecule has 0 saturated carbocycles. The molecule has 0 N–H and O–H groups in total. The van der Waals surface area contributed by atoms with E-state index in [1.165, 1.54) is 15.9 Å². The summed E-state index contributed by atoms with van der Waals surface area (Å²) in [5.41, 5.74) is 0.111. The first-order valence-electron chi connectivity index (χ1n) is 9.17. The van der Waals surface area contributed by atoms with Gasteiger partial charge >= 0.3 is 0 Å². The van der Waals surface area contributed by atoms with Crippen LogP contribution in [0.15, 0.2) is 121 Å². The Morgan fingerprint density at radius 3 is 1.14 bits per heavy atom. The van der Waals surface area contributed by atoms with Crippen molar-refractivity contribution in [2.75, 3.05) is 0 Å². The molecule has 0 aliphatic heterocycles. The minimum atomic E-state index is -0.446. The lowest BCUT2D eigenvalue weighted by Gasteiger charge is -2.18. The zero-order chi connectivity index (χ0) is 20.3. The predicted octanol–water partition coefficient (Wildman–Crippen LogP) is 5.56. The Morgan fingerprint density at radius 1 is 0.517 bits per heavy atom. The van der Waals surface area contributed by atoms with Gasteiger partial charge < -0.3 is 0 Å². The molecule has 4 heteroatoms. The largest absolute Gasteiger partial charge is 0.280 e. The van der Waals surface area contributed by atoms with E-state index in [4.69, 9.17) is 0 Å². The minimum Gasteiger partial charge on any atom is -0.280 e. The quantitative estimate of drug-likeness (QED) is 0.401. The predicted molar refractivity (Wildman–Crippen MR) is 124 cm³/mol. The first-order valence-corrected chi connectivity index (χ1v) is 11.3. The highest BCUT2D eigenvalue weighted by molar-refractivity contribution is 7.79. The summed E-state index contributed by atoms with van der Waals surface area (Å²) in [5.74, 6) is 0. The summed E-state index contributed by atoms with van der Waals surface area (Å²) >= 11 is 0. The van der Waals surface area contributed by atoms with Crippen LogP contribution in [0.25, 0.3) is 0 Å². The number of carbonyl (C=O) groups is 1. The van der Waals surface area contributed by atoms with Gasteiger partial charge in [0.1, 0.15) is 0 Å². The number of rotatable bonds is 5. The molecule has 0 radical (unpaired) electrons. The Labute approximate surface area is 174 Å². The normalized spacial score (nSPS) is 10.2. The van der Waals surface area contributed by atoms with Gasteiger partial charge in [0, 0.05) is 5.56 Å². The molecule has 0 fully saturated rings. The van der Waals surface area contributed by atoms with Crippen LogP contribution in [-0.2, 0) is 4.57 Å². The molecule has 2 nitrogen and oxygen atoms in total. The summed E-state index contributed by atoms with van der Waals surface area (Å²) < 4.78 is 10.1. The van der Waals surface area contributed by atoms with Crippen molar-refractivity contribution in [3.63, 3.8) is 0 Å². The topological polar surface area (TPSA) is 34.1 Å². The van der Waals surface area contributed by atoms with Gasteiger partial charge in [0.25, 0.3) is 5.52 Å². The smallest absolute Gasteiger partial charge is 0.253 e. The average molecular weight is 414 g/mol. The summed E-state index contributed by atoms with van der Waals surface area (Å²) in [6.45, 7) is 0. The molecule has 4 rings (SSSR count). The molecule has 0 aliphatic carbocycles. The molecular formula is C25H20O2P2. The van der Waals surface area contributed by atoms with Crippen molar-refractivity contribution in [2.24, 2.45) is 0 Å². The SMILES string of the molecule is O=PC(=O)c1ccccc1.c1ccc(P(c2ccccc2)c2ccccc2)cc1. The van der Waals surface area contributed by atoms with E-state index in [0.717, 1.165) is 0 Å². The van der Waals surface area contributed by atoms with Crippen molar-refractivity contribution >= 4 is 37.8 Å². The van der Waals surface area contributed by atoms with Crippen LogP contribution in [0, 0.1) is 0 Å². The molecular weight excluding hydrogens is 394 g/mol. The van der Waals surface area contributed by atoms with E-state index >= 15 is 0 Å². The Kier molecular flexibility index (Phi) is 8.01. The molecule has 0 saturated heterocycles. The Bertz CT molecular complexity index is 927. The average Bonchev–Trinajstić information content (AvgIpc) is 2.82. The van der Waals surface area contributed by atoms with Crippen LogP contribution in [0.3, 0.4) is 0 Å². The Balaban J connectivity index is 0.000000204. The Hall–Kier alpha value is -2.92. The van der Waals surface area contributed by atoms with Crippen molar-refractivity contribution in [3.8, 4) is 0 Å². The van der Waals surface area contributed by atoms with E-state index in [1.807, 2.05) is 0 Å². The van der Waals surface area contributed by atoms with E-state index in [9.17, 15) is 9.36 Å². The van der Waals surface area contributed by atoms with E-state index in [-0.39, 0.29) is 5.52 Å². The van der Waals surface area contributed by atoms with E-state index in [1.54, 1.807) is 30.3 Å². The van der Waals surface area contributed by atoms with Crippen LogP contribution in [-0.4, -0.2) is 5.52 Å². The maximum absolute atomic E-state index is 10.7. The summed E-state index contributed by atoms with van der Waals surface area (Å²) in [6, 6.07) is 40.9. The number of hydrogen-bond acceptors (Lipinski definition) is 2. The van der Waals surface area contributed by atoms with Gasteiger partial charge in [-0.25, -0.2) is 0 Å². The maximum Gasteiger partial charge on any atom is 0.253 e. The third-order valence-electron chi connectivity index (χ3n) is 4.15. The summed E-state index contributed by atoms with van der Waals surface area (Å²) in [6.07, 6.45) is 0. The highest BCUT2D eigenvalue weighted by Gasteiger charge is 2.14. The molecule has 142 valence electrons. The molecule has 0 heterocycles. The van der Waals surface area contributed by atoms with Crippen LogP contribution in [0.5, 0.6) is 0 Å². The fourth-order valence-corrected chi connectivity index (χ4v) is 5.37. The van der Waals surface area contributed by atoms with Crippen LogP contribution in [0.4, 0.5) is 0 Å². The lowest BCUT2D eigenvalue weighted by Crippen LogP contribution is -2.20. The molecule has 0 aliphatic rings. The van der Waals surface area contributed by atoms with Gasteiger partial charge in [-0.15, -0.1) is 0 Å². The molecule has 4 aromatic carbocycles. The lowest BCUT2D eigenvalue weighted by molar-refractivity contribution is 0.108. The molecule has 0 atom stereocenters. The summed E-state index contributed by atoms with van der Waals surface area (Å²) in [5, 5.41) is 4.19. The lowest BCUT2D eigenvalue weighted by atomic mass is 10.2. The van der Waals surface area contributed by atoms with Crippen LogP contribution in [0.2, 0.25) is 0 Å². The number of benzene rings is 4. The fourth-order valence-electron chi connectivity index (χ4n) is 2.81. The third-order valence-corrected chi connectivity index (χ3v) is 7.01. The molecule has 0 unspecified atom stereocenters. The van der Waals surface area contributed by atoms with E-state index < -0.39 is 16.4 Å². The van der Waals surface area contributed by atoms with Crippen molar-refractivity contribution in [2.45, 2.75) is 0 Å². The van der Waals surface area contributed by atoms with Crippen molar-refractivity contribution in [3.05, 3.63) is 127 Å². The molecule has 0 spiro atoms. The highest BCUT2D eigenvalue weighted by atomic mass is 31.1. The van der Waals surface area contributed by atoms with Crippen LogP contribution < -0.4 is 15.9 Å². The van der Waals surface area contributed by atoms with Gasteiger partial charge in [0.15, 0.2) is 0 Å². The summed E-state index contributed by atoms with van der Waals surface area (Å²) in [4.78, 5) is 10.7. The second-order valence-corrected chi connectivity index (χ2v) is 8.91. The number of carbonyl (C=O) groups excluding carboxylic acids is 1. The van der Waals surface area contributed by atoms with E-state index in [0.29, 0.717) is 5.56 Å². The van der Waals surface area contributed by atoms with Gasteiger partial charge in [0.2, 0.25) is 8.46 Å². The van der Waals surface area contributed by atoms with E-state index in [2.05, 4.69) is 91.0 Å². The Morgan fingerprint density at radius 2 is 0.828 bits per heavy atom. The van der Waals surface area contributed by atoms with Crippen LogP contribution >= 0.6 is 16.4 Å².